The second kappa shape index (κ2) is 8.52. The van der Waals surface area contributed by atoms with Crippen LogP contribution in [0.25, 0.3) is 0 Å². The monoisotopic (exact) mass is 578 g/mol. The summed E-state index contributed by atoms with van der Waals surface area (Å²) in [6.45, 7) is -2.00. The SMILES string of the molecule is COCCC(F)(F)C(F)(C(F)(F)F)C(F)(F)C(F)(F)C(F)(F)C(C(F)(F)F)(C(F)(F)F)C(F)(F)F. The molecule has 0 aromatic rings. The van der Waals surface area contributed by atoms with Gasteiger partial charge in [0.25, 0.3) is 5.92 Å². The Hall–Kier alpha value is -1.51. The summed E-state index contributed by atoms with van der Waals surface area (Å²) in [5.74, 6) is -35.2. The standard InChI is InChI=1S/C13H7F21O/c1-35-3-2-4(14,15)6(16,13(32,33)34)8(19,20)9(21,22)7(17,18)5(10(23,24)25,11(26,27)28)12(29,30)31/h2-3H2,1H3. The van der Waals surface area contributed by atoms with Gasteiger partial charge in [0.15, 0.2) is 0 Å². The lowest BCUT2D eigenvalue weighted by atomic mass is 9.71. The summed E-state index contributed by atoms with van der Waals surface area (Å²) in [5, 5.41) is 0. The van der Waals surface area contributed by atoms with E-state index in [9.17, 15) is 92.2 Å². The van der Waals surface area contributed by atoms with Crippen molar-refractivity contribution in [1.29, 1.82) is 0 Å². The fourth-order valence-electron chi connectivity index (χ4n) is 2.68. The zero-order valence-corrected chi connectivity index (χ0v) is 15.8. The van der Waals surface area contributed by atoms with Crippen molar-refractivity contribution in [3.8, 4) is 0 Å². The van der Waals surface area contributed by atoms with Crippen LogP contribution in [0.15, 0.2) is 0 Å². The lowest BCUT2D eigenvalue weighted by Crippen LogP contribution is -2.80. The lowest BCUT2D eigenvalue weighted by Gasteiger charge is -2.49. The molecule has 0 aliphatic heterocycles. The Kier molecular flexibility index (Phi) is 8.15. The first-order valence-electron chi connectivity index (χ1n) is 7.77. The van der Waals surface area contributed by atoms with E-state index in [1.807, 2.05) is 0 Å². The predicted molar refractivity (Wildman–Crippen MR) is 66.8 cm³/mol. The summed E-state index contributed by atoms with van der Waals surface area (Å²) < 4.78 is 281. The van der Waals surface area contributed by atoms with Crippen molar-refractivity contribution in [3.63, 3.8) is 0 Å². The third-order valence-corrected chi connectivity index (χ3v) is 4.48. The van der Waals surface area contributed by atoms with Gasteiger partial charge in [-0.25, -0.2) is 13.2 Å². The topological polar surface area (TPSA) is 9.23 Å². The van der Waals surface area contributed by atoms with Crippen molar-refractivity contribution in [3.05, 3.63) is 0 Å². The molecule has 0 spiro atoms. The molecule has 1 nitrogen and oxygen atoms in total. The van der Waals surface area contributed by atoms with Crippen LogP contribution in [0.2, 0.25) is 0 Å². The van der Waals surface area contributed by atoms with Gasteiger partial charge < -0.3 is 4.74 Å². The summed E-state index contributed by atoms with van der Waals surface area (Å²) in [4.78, 5) is 0. The van der Waals surface area contributed by atoms with Crippen LogP contribution < -0.4 is 0 Å². The molecule has 1 atom stereocenters. The van der Waals surface area contributed by atoms with E-state index in [1.165, 1.54) is 0 Å². The molecule has 0 aliphatic carbocycles. The normalized spacial score (nSPS) is 18.0. The molecule has 0 fully saturated rings. The van der Waals surface area contributed by atoms with Crippen LogP contribution in [0, 0.1) is 5.41 Å². The summed E-state index contributed by atoms with van der Waals surface area (Å²) >= 11 is 0. The minimum absolute atomic E-state index is 0.273. The fraction of sp³-hybridized carbons (Fsp3) is 1.00. The molecule has 0 aliphatic rings. The summed E-state index contributed by atoms with van der Waals surface area (Å²) in [7, 11) is 0.273. The molecule has 0 saturated heterocycles. The largest absolute Gasteiger partial charge is 0.434 e. The van der Waals surface area contributed by atoms with Crippen molar-refractivity contribution in [2.24, 2.45) is 5.41 Å². The number of methoxy groups -OCH3 is 1. The second-order valence-corrected chi connectivity index (χ2v) is 6.57. The van der Waals surface area contributed by atoms with E-state index in [0.29, 0.717) is 0 Å². The van der Waals surface area contributed by atoms with Crippen LogP contribution in [0.3, 0.4) is 0 Å². The first-order valence-corrected chi connectivity index (χ1v) is 7.77. The van der Waals surface area contributed by atoms with Gasteiger partial charge in [0.1, 0.15) is 0 Å². The Morgan fingerprint density at radius 1 is 0.429 bits per heavy atom. The third kappa shape index (κ3) is 4.23. The minimum Gasteiger partial charge on any atom is -0.384 e. The Labute approximate surface area is 178 Å². The van der Waals surface area contributed by atoms with Gasteiger partial charge >= 0.3 is 53.6 Å². The smallest absolute Gasteiger partial charge is 0.384 e. The molecule has 0 aromatic carbocycles. The molecule has 1 unspecified atom stereocenters. The molecule has 0 saturated carbocycles. The molecule has 0 N–H and O–H groups in total. The van der Waals surface area contributed by atoms with Crippen LogP contribution in [-0.4, -0.2) is 67.8 Å². The van der Waals surface area contributed by atoms with Gasteiger partial charge in [0, 0.05) is 13.5 Å². The molecule has 0 radical (unpaired) electrons. The number of rotatable bonds is 8. The van der Waals surface area contributed by atoms with Crippen molar-refractivity contribution < 1.29 is 96.9 Å². The molecular formula is C13H7F21O. The molecule has 212 valence electrons. The zero-order valence-electron chi connectivity index (χ0n) is 15.8. The van der Waals surface area contributed by atoms with Gasteiger partial charge in [-0.2, -0.15) is 79.0 Å². The van der Waals surface area contributed by atoms with Gasteiger partial charge in [-0.3, -0.25) is 0 Å². The summed E-state index contributed by atoms with van der Waals surface area (Å²) in [6, 6.07) is 0. The molecule has 0 aromatic heterocycles. The highest BCUT2D eigenvalue weighted by Crippen LogP contribution is 2.73. The maximum absolute atomic E-state index is 14.1. The highest BCUT2D eigenvalue weighted by molar-refractivity contribution is 5.22. The van der Waals surface area contributed by atoms with Crippen LogP contribution in [0.4, 0.5) is 92.2 Å². The Morgan fingerprint density at radius 3 is 0.971 bits per heavy atom. The van der Waals surface area contributed by atoms with Gasteiger partial charge in [-0.15, -0.1) is 0 Å². The van der Waals surface area contributed by atoms with Crippen LogP contribution >= 0.6 is 0 Å². The average molecular weight is 578 g/mol. The van der Waals surface area contributed by atoms with Gasteiger partial charge in [0.2, 0.25) is 0 Å². The van der Waals surface area contributed by atoms with Gasteiger partial charge in [0.05, 0.1) is 6.61 Å². The average Bonchev–Trinajstić information content (AvgIpc) is 2.53. The fourth-order valence-corrected chi connectivity index (χ4v) is 2.68. The number of hydrogen-bond acceptors (Lipinski definition) is 1. The van der Waals surface area contributed by atoms with Crippen LogP contribution in [0.1, 0.15) is 6.42 Å². The van der Waals surface area contributed by atoms with E-state index < -0.39 is 72.5 Å². The Morgan fingerprint density at radius 2 is 0.743 bits per heavy atom. The zero-order chi connectivity index (χ0) is 29.1. The van der Waals surface area contributed by atoms with Crippen LogP contribution in [0.5, 0.6) is 0 Å². The quantitative estimate of drug-likeness (QED) is 0.271. The summed E-state index contributed by atoms with van der Waals surface area (Å²) in [6.07, 6.45) is -37.7. The van der Waals surface area contributed by atoms with E-state index in [0.717, 1.165) is 0 Å². The second-order valence-electron chi connectivity index (χ2n) is 6.57. The van der Waals surface area contributed by atoms with Crippen molar-refractivity contribution in [2.75, 3.05) is 13.7 Å². The molecule has 0 bridgehead atoms. The maximum atomic E-state index is 14.1. The Balaban J connectivity index is 7.80. The molecule has 0 heterocycles. The highest BCUT2D eigenvalue weighted by Gasteiger charge is 3.03. The number of alkyl halides is 21. The van der Waals surface area contributed by atoms with E-state index in [-0.39, 0.29) is 7.11 Å². The number of ether oxygens (including phenoxy) is 1. The number of hydrogen-bond donors (Lipinski definition) is 0. The molecular weight excluding hydrogens is 571 g/mol. The highest BCUT2D eigenvalue weighted by atomic mass is 19.4. The van der Waals surface area contributed by atoms with Crippen LogP contribution in [-0.2, 0) is 4.74 Å². The minimum atomic E-state index is -9.53. The number of halogens is 21. The molecule has 0 amide bonds. The van der Waals surface area contributed by atoms with Crippen molar-refractivity contribution in [1.82, 2.24) is 0 Å². The third-order valence-electron chi connectivity index (χ3n) is 4.48. The van der Waals surface area contributed by atoms with Gasteiger partial charge in [-0.1, -0.05) is 0 Å². The van der Waals surface area contributed by atoms with E-state index in [1.54, 1.807) is 0 Å². The Bertz CT molecular complexity index is 700. The van der Waals surface area contributed by atoms with Gasteiger partial charge in [-0.05, 0) is 0 Å². The first-order chi connectivity index (χ1) is 14.8. The maximum Gasteiger partial charge on any atom is 0.434 e. The summed E-state index contributed by atoms with van der Waals surface area (Å²) in [5.41, 5.74) is -17.8. The predicted octanol–water partition coefficient (Wildman–Crippen LogP) is 7.51. The molecule has 35 heavy (non-hydrogen) atoms. The van der Waals surface area contributed by atoms with E-state index in [4.69, 9.17) is 0 Å². The van der Waals surface area contributed by atoms with Crippen molar-refractivity contribution >= 4 is 0 Å². The van der Waals surface area contributed by atoms with Crippen molar-refractivity contribution in [2.45, 2.75) is 60.5 Å². The molecule has 0 rings (SSSR count). The first kappa shape index (κ1) is 33.5. The van der Waals surface area contributed by atoms with E-state index in [2.05, 4.69) is 4.74 Å². The lowest BCUT2D eigenvalue weighted by molar-refractivity contribution is -0.517. The molecule has 22 heteroatoms. The van der Waals surface area contributed by atoms with E-state index >= 15 is 0 Å².